The molecule has 48 heavy (non-hydrogen) atoms. The quantitative estimate of drug-likeness (QED) is 0.0980. The van der Waals surface area contributed by atoms with Gasteiger partial charge in [-0.15, -0.1) is 11.8 Å². The van der Waals surface area contributed by atoms with Gasteiger partial charge in [-0.3, -0.25) is 19.2 Å². The van der Waals surface area contributed by atoms with Gasteiger partial charge in [0.05, 0.1) is 26.6 Å². The lowest BCUT2D eigenvalue weighted by atomic mass is 10.1. The van der Waals surface area contributed by atoms with E-state index < -0.39 is 23.0 Å². The zero-order valence-corrected chi connectivity index (χ0v) is 27.7. The molecule has 0 heterocycles. The number of primary amides is 1. The molecule has 4 aromatic carbocycles. The van der Waals surface area contributed by atoms with Gasteiger partial charge in [-0.1, -0.05) is 31.2 Å². The molecule has 1 atom stereocenters. The Hall–Kier alpha value is -5.75. The highest BCUT2D eigenvalue weighted by Crippen LogP contribution is 2.36. The molecule has 0 aliphatic carbocycles. The van der Waals surface area contributed by atoms with Crippen molar-refractivity contribution in [3.8, 4) is 17.2 Å². The molecule has 0 saturated carbocycles. The predicted molar refractivity (Wildman–Crippen MR) is 187 cm³/mol. The van der Waals surface area contributed by atoms with E-state index in [2.05, 4.69) is 16.0 Å². The largest absolute Gasteiger partial charge is 0.496 e. The number of anilines is 2. The van der Waals surface area contributed by atoms with Gasteiger partial charge in [-0.25, -0.2) is 0 Å². The zero-order chi connectivity index (χ0) is 34.6. The Labute approximate surface area is 282 Å². The van der Waals surface area contributed by atoms with Gasteiger partial charge in [0.25, 0.3) is 11.8 Å². The number of nitrogens with two attached hydrogens (primary N) is 1. The molecule has 0 bridgehead atoms. The van der Waals surface area contributed by atoms with E-state index in [0.29, 0.717) is 51.7 Å². The molecule has 0 aromatic heterocycles. The summed E-state index contributed by atoms with van der Waals surface area (Å²) >= 11 is 1.33. The molecule has 0 radical (unpaired) electrons. The number of hydrogen-bond donors (Lipinski definition) is 4. The van der Waals surface area contributed by atoms with Gasteiger partial charge < -0.3 is 35.9 Å². The highest BCUT2D eigenvalue weighted by molar-refractivity contribution is 8.00. The molecule has 0 spiro atoms. The van der Waals surface area contributed by atoms with Crippen LogP contribution in [0.25, 0.3) is 6.08 Å². The molecule has 0 saturated heterocycles. The van der Waals surface area contributed by atoms with Crippen molar-refractivity contribution in [2.24, 2.45) is 5.73 Å². The fraction of sp³-hybridized carbons (Fsp3) is 0.167. The van der Waals surface area contributed by atoms with E-state index in [9.17, 15) is 19.2 Å². The first kappa shape index (κ1) is 35.1. The summed E-state index contributed by atoms with van der Waals surface area (Å²) in [7, 11) is 4.47. The third-order valence-electron chi connectivity index (χ3n) is 7.03. The van der Waals surface area contributed by atoms with Crippen LogP contribution in [0.3, 0.4) is 0 Å². The number of benzene rings is 4. The number of hydrogen-bond acceptors (Lipinski definition) is 8. The van der Waals surface area contributed by atoms with Crippen LogP contribution in [-0.2, 0) is 9.59 Å². The van der Waals surface area contributed by atoms with Crippen molar-refractivity contribution in [3.63, 3.8) is 0 Å². The molecule has 11 nitrogen and oxygen atoms in total. The van der Waals surface area contributed by atoms with Crippen LogP contribution in [0.5, 0.6) is 17.2 Å². The second-order valence-corrected chi connectivity index (χ2v) is 11.5. The summed E-state index contributed by atoms with van der Waals surface area (Å²) in [6, 6.07) is 25.1. The number of ether oxygens (including phenoxy) is 3. The molecule has 1 unspecified atom stereocenters. The van der Waals surface area contributed by atoms with Gasteiger partial charge in [0.1, 0.15) is 11.4 Å². The predicted octanol–water partition coefficient (Wildman–Crippen LogP) is 5.73. The van der Waals surface area contributed by atoms with E-state index in [1.807, 2.05) is 13.0 Å². The van der Waals surface area contributed by atoms with E-state index >= 15 is 0 Å². The fourth-order valence-electron chi connectivity index (χ4n) is 4.54. The van der Waals surface area contributed by atoms with Crippen LogP contribution in [0, 0.1) is 0 Å². The lowest BCUT2D eigenvalue weighted by Crippen LogP contribution is -2.30. The Morgan fingerprint density at radius 1 is 0.750 bits per heavy atom. The van der Waals surface area contributed by atoms with Crippen molar-refractivity contribution >= 4 is 52.8 Å². The molecular formula is C36H36N4O7S. The summed E-state index contributed by atoms with van der Waals surface area (Å²) in [5.41, 5.74) is 7.39. The maximum atomic E-state index is 13.7. The Morgan fingerprint density at radius 3 is 2.04 bits per heavy atom. The van der Waals surface area contributed by atoms with Gasteiger partial charge >= 0.3 is 0 Å². The second-order valence-electron chi connectivity index (χ2n) is 10.3. The SMILES string of the molecule is CCC(Sc1cccc(NC(=O)/C(=C\c2cc(OC)c(OC)cc2OC)NC(=O)c2ccccc2)c1)C(=O)Nc1ccc(C(N)=O)cc1. The van der Waals surface area contributed by atoms with Gasteiger partial charge in [0.2, 0.25) is 11.8 Å². The van der Waals surface area contributed by atoms with Crippen LogP contribution >= 0.6 is 11.8 Å². The monoisotopic (exact) mass is 668 g/mol. The lowest BCUT2D eigenvalue weighted by Gasteiger charge is -2.16. The highest BCUT2D eigenvalue weighted by Gasteiger charge is 2.21. The fourth-order valence-corrected chi connectivity index (χ4v) is 5.55. The molecule has 4 aromatic rings. The third kappa shape index (κ3) is 9.17. The van der Waals surface area contributed by atoms with Gasteiger partial charge in [-0.05, 0) is 73.2 Å². The van der Waals surface area contributed by atoms with E-state index in [1.165, 1.54) is 39.2 Å². The third-order valence-corrected chi connectivity index (χ3v) is 8.39. The maximum absolute atomic E-state index is 13.7. The minimum atomic E-state index is -0.595. The molecule has 0 aliphatic heterocycles. The van der Waals surface area contributed by atoms with Crippen molar-refractivity contribution in [1.29, 1.82) is 0 Å². The van der Waals surface area contributed by atoms with Crippen molar-refractivity contribution in [2.45, 2.75) is 23.5 Å². The first-order valence-electron chi connectivity index (χ1n) is 14.8. The lowest BCUT2D eigenvalue weighted by molar-refractivity contribution is -0.116. The summed E-state index contributed by atoms with van der Waals surface area (Å²) in [5, 5.41) is 7.98. The van der Waals surface area contributed by atoms with Crippen molar-refractivity contribution in [1.82, 2.24) is 5.32 Å². The summed E-state index contributed by atoms with van der Waals surface area (Å²) in [5.74, 6) is -0.631. The molecular weight excluding hydrogens is 632 g/mol. The first-order valence-corrected chi connectivity index (χ1v) is 15.7. The number of thioether (sulfide) groups is 1. The number of carbonyl (C=O) groups excluding carboxylic acids is 4. The number of amides is 4. The van der Waals surface area contributed by atoms with E-state index in [4.69, 9.17) is 19.9 Å². The smallest absolute Gasteiger partial charge is 0.272 e. The first-order chi connectivity index (χ1) is 23.1. The van der Waals surface area contributed by atoms with Gasteiger partial charge in [0, 0.05) is 39.0 Å². The molecule has 4 amide bonds. The number of carbonyl (C=O) groups is 4. The highest BCUT2D eigenvalue weighted by atomic mass is 32.2. The number of methoxy groups -OCH3 is 3. The van der Waals surface area contributed by atoms with Crippen molar-refractivity contribution in [2.75, 3.05) is 32.0 Å². The summed E-state index contributed by atoms with van der Waals surface area (Å²) in [6.07, 6.45) is 2.01. The molecule has 0 aliphatic rings. The average molecular weight is 669 g/mol. The maximum Gasteiger partial charge on any atom is 0.272 e. The second kappa shape index (κ2) is 16.7. The van der Waals surface area contributed by atoms with E-state index in [0.717, 1.165) is 4.90 Å². The number of rotatable bonds is 14. The van der Waals surface area contributed by atoms with Crippen LogP contribution in [0.4, 0.5) is 11.4 Å². The van der Waals surface area contributed by atoms with Crippen LogP contribution in [0.1, 0.15) is 39.6 Å². The molecule has 0 fully saturated rings. The van der Waals surface area contributed by atoms with Crippen LogP contribution in [0.15, 0.2) is 102 Å². The number of nitrogens with one attached hydrogen (secondary N) is 3. The van der Waals surface area contributed by atoms with Crippen LogP contribution in [0.2, 0.25) is 0 Å². The topological polar surface area (TPSA) is 158 Å². The van der Waals surface area contributed by atoms with Gasteiger partial charge in [-0.2, -0.15) is 0 Å². The van der Waals surface area contributed by atoms with Crippen molar-refractivity contribution in [3.05, 3.63) is 113 Å². The Kier molecular flexibility index (Phi) is 12.2. The zero-order valence-electron chi connectivity index (χ0n) is 26.9. The summed E-state index contributed by atoms with van der Waals surface area (Å²) in [6.45, 7) is 1.90. The minimum absolute atomic E-state index is 0.0550. The van der Waals surface area contributed by atoms with E-state index in [1.54, 1.807) is 84.9 Å². The normalized spacial score (nSPS) is 11.5. The standard InChI is InChI=1S/C36H36N4O7S/c1-5-32(36(44)38-25-16-14-22(15-17-25)33(37)41)48-27-13-9-12-26(20-27)39-35(43)28(40-34(42)23-10-7-6-8-11-23)18-24-19-30(46-3)31(47-4)21-29(24)45-2/h6-21,32H,5H2,1-4H3,(H2,37,41)(H,38,44)(H,39,43)(H,40,42)/b28-18+. The molecule has 4 rings (SSSR count). The van der Waals surface area contributed by atoms with Crippen LogP contribution < -0.4 is 35.9 Å². The Balaban J connectivity index is 1.57. The molecule has 12 heteroatoms. The average Bonchev–Trinajstić information content (AvgIpc) is 3.10. The minimum Gasteiger partial charge on any atom is -0.496 e. The van der Waals surface area contributed by atoms with Crippen LogP contribution in [-0.4, -0.2) is 50.2 Å². The van der Waals surface area contributed by atoms with Crippen molar-refractivity contribution < 1.29 is 33.4 Å². The van der Waals surface area contributed by atoms with E-state index in [-0.39, 0.29) is 11.6 Å². The Morgan fingerprint density at radius 2 is 1.42 bits per heavy atom. The summed E-state index contributed by atoms with van der Waals surface area (Å²) in [4.78, 5) is 52.1. The molecule has 5 N–H and O–H groups in total. The summed E-state index contributed by atoms with van der Waals surface area (Å²) < 4.78 is 16.3. The molecule has 248 valence electrons. The van der Waals surface area contributed by atoms with Gasteiger partial charge in [0.15, 0.2) is 11.5 Å². The Bertz CT molecular complexity index is 1810.